The first-order valence-corrected chi connectivity index (χ1v) is 7.51. The smallest absolute Gasteiger partial charge is 0.410 e. The fourth-order valence-electron chi connectivity index (χ4n) is 2.32. The van der Waals surface area contributed by atoms with Crippen LogP contribution in [0.3, 0.4) is 0 Å². The molecule has 124 valence electrons. The van der Waals surface area contributed by atoms with Crippen LogP contribution in [0.4, 0.5) is 4.79 Å². The van der Waals surface area contributed by atoms with Crippen molar-refractivity contribution < 1.29 is 19.1 Å². The Morgan fingerprint density at radius 3 is 2.10 bits per heavy atom. The van der Waals surface area contributed by atoms with E-state index in [2.05, 4.69) is 13.8 Å². The summed E-state index contributed by atoms with van der Waals surface area (Å²) >= 11 is 0. The molecule has 5 heteroatoms. The van der Waals surface area contributed by atoms with Crippen LogP contribution in [0.25, 0.3) is 0 Å². The second kappa shape index (κ2) is 8.37. The van der Waals surface area contributed by atoms with E-state index in [9.17, 15) is 9.59 Å². The van der Waals surface area contributed by atoms with Gasteiger partial charge in [0.25, 0.3) is 0 Å². The number of ether oxygens (including phenoxy) is 2. The minimum atomic E-state index is -0.547. The van der Waals surface area contributed by atoms with Gasteiger partial charge in [-0.1, -0.05) is 20.3 Å². The van der Waals surface area contributed by atoms with Crippen molar-refractivity contribution >= 4 is 11.9 Å². The largest absolute Gasteiger partial charge is 0.444 e. The van der Waals surface area contributed by atoms with Crippen molar-refractivity contribution in [2.75, 3.05) is 14.2 Å². The van der Waals surface area contributed by atoms with Crippen molar-refractivity contribution in [3.63, 3.8) is 0 Å². The number of methoxy groups -OCH3 is 1. The van der Waals surface area contributed by atoms with E-state index in [-0.39, 0.29) is 23.8 Å². The number of hydrogen-bond acceptors (Lipinski definition) is 4. The van der Waals surface area contributed by atoms with Gasteiger partial charge in [0.1, 0.15) is 11.4 Å². The van der Waals surface area contributed by atoms with Crippen molar-refractivity contribution in [3.8, 4) is 0 Å². The van der Waals surface area contributed by atoms with Crippen molar-refractivity contribution in [1.29, 1.82) is 0 Å². The molecule has 0 aliphatic carbocycles. The number of nitrogens with zero attached hydrogens (tertiary/aromatic N) is 1. The van der Waals surface area contributed by atoms with E-state index >= 15 is 0 Å². The maximum Gasteiger partial charge on any atom is 0.410 e. The Morgan fingerprint density at radius 1 is 1.24 bits per heavy atom. The van der Waals surface area contributed by atoms with Gasteiger partial charge in [0.2, 0.25) is 0 Å². The van der Waals surface area contributed by atoms with E-state index in [1.54, 1.807) is 19.1 Å². The molecule has 0 aromatic carbocycles. The molecule has 0 saturated carbocycles. The molecule has 21 heavy (non-hydrogen) atoms. The molecule has 0 radical (unpaired) electrons. The molecule has 0 rings (SSSR count). The Kier molecular flexibility index (Phi) is 7.93. The van der Waals surface area contributed by atoms with E-state index in [4.69, 9.17) is 9.47 Å². The zero-order valence-corrected chi connectivity index (χ0v) is 14.7. The average molecular weight is 301 g/mol. The molecular weight excluding hydrogens is 270 g/mol. The molecule has 0 aliphatic heterocycles. The number of likely N-dealkylation sites (N-methyl/N-ethyl adjacent to an activating group) is 1. The average Bonchev–Trinajstić information content (AvgIpc) is 2.34. The Bertz CT molecular complexity index is 349. The van der Waals surface area contributed by atoms with Crippen molar-refractivity contribution in [2.45, 2.75) is 72.1 Å². The molecule has 0 aromatic heterocycles. The fourth-order valence-corrected chi connectivity index (χ4v) is 2.32. The van der Waals surface area contributed by atoms with Crippen LogP contribution in [0.5, 0.6) is 0 Å². The van der Waals surface area contributed by atoms with Crippen LogP contribution in [0, 0.1) is 5.92 Å². The van der Waals surface area contributed by atoms with Gasteiger partial charge in [0.15, 0.2) is 0 Å². The molecule has 3 atom stereocenters. The van der Waals surface area contributed by atoms with Crippen LogP contribution in [-0.2, 0) is 14.3 Å². The van der Waals surface area contributed by atoms with Crippen LogP contribution >= 0.6 is 0 Å². The molecule has 0 N–H and O–H groups in total. The summed E-state index contributed by atoms with van der Waals surface area (Å²) in [4.78, 5) is 25.3. The SMILES string of the molecule is CC[C@H](C)C(C(CC(C)=O)OC)N(C)C(=O)OC(C)(C)C. The van der Waals surface area contributed by atoms with E-state index < -0.39 is 11.7 Å². The number of amides is 1. The van der Waals surface area contributed by atoms with Crippen molar-refractivity contribution in [1.82, 2.24) is 4.90 Å². The third-order valence-corrected chi connectivity index (χ3v) is 3.53. The van der Waals surface area contributed by atoms with Crippen LogP contribution in [0.2, 0.25) is 0 Å². The number of Topliss-reactive ketones (excluding diaryl/α,β-unsaturated/α-hetero) is 1. The molecule has 1 amide bonds. The Morgan fingerprint density at radius 2 is 1.76 bits per heavy atom. The van der Waals surface area contributed by atoms with E-state index in [1.165, 1.54) is 6.92 Å². The zero-order chi connectivity index (χ0) is 16.8. The molecule has 0 spiro atoms. The van der Waals surface area contributed by atoms with Gasteiger partial charge < -0.3 is 14.4 Å². The fraction of sp³-hybridized carbons (Fsp3) is 0.875. The number of hydrogen-bond donors (Lipinski definition) is 0. The van der Waals surface area contributed by atoms with E-state index in [0.29, 0.717) is 6.42 Å². The predicted octanol–water partition coefficient (Wildman–Crippen LogP) is 3.26. The first-order valence-electron chi connectivity index (χ1n) is 7.51. The van der Waals surface area contributed by atoms with Crippen LogP contribution < -0.4 is 0 Å². The summed E-state index contributed by atoms with van der Waals surface area (Å²) in [6.45, 7) is 11.1. The summed E-state index contributed by atoms with van der Waals surface area (Å²) in [5.41, 5.74) is -0.547. The Labute approximate surface area is 129 Å². The third kappa shape index (κ3) is 6.93. The number of rotatable bonds is 7. The van der Waals surface area contributed by atoms with E-state index in [1.807, 2.05) is 20.8 Å². The van der Waals surface area contributed by atoms with Crippen molar-refractivity contribution in [3.05, 3.63) is 0 Å². The molecule has 0 heterocycles. The minimum absolute atomic E-state index is 0.0488. The second-order valence-electron chi connectivity index (χ2n) is 6.65. The van der Waals surface area contributed by atoms with Crippen LogP contribution in [0.15, 0.2) is 0 Å². The van der Waals surface area contributed by atoms with Gasteiger partial charge in [-0.25, -0.2) is 4.79 Å². The summed E-state index contributed by atoms with van der Waals surface area (Å²) in [7, 11) is 3.28. The lowest BCUT2D eigenvalue weighted by atomic mass is 9.90. The van der Waals surface area contributed by atoms with E-state index in [0.717, 1.165) is 6.42 Å². The van der Waals surface area contributed by atoms with Gasteiger partial charge >= 0.3 is 6.09 Å². The minimum Gasteiger partial charge on any atom is -0.444 e. The summed E-state index contributed by atoms with van der Waals surface area (Å²) in [6, 6.07) is -0.196. The van der Waals surface area contributed by atoms with Gasteiger partial charge in [0.05, 0.1) is 12.1 Å². The zero-order valence-electron chi connectivity index (χ0n) is 14.7. The van der Waals surface area contributed by atoms with Crippen LogP contribution in [0.1, 0.15) is 54.4 Å². The molecule has 0 saturated heterocycles. The number of ketones is 1. The highest BCUT2D eigenvalue weighted by Crippen LogP contribution is 2.23. The van der Waals surface area contributed by atoms with Gasteiger partial charge in [-0.15, -0.1) is 0 Å². The lowest BCUT2D eigenvalue weighted by Gasteiger charge is -2.38. The van der Waals surface area contributed by atoms with Crippen LogP contribution in [-0.4, -0.2) is 48.7 Å². The highest BCUT2D eigenvalue weighted by Gasteiger charge is 2.35. The summed E-state index contributed by atoms with van der Waals surface area (Å²) < 4.78 is 10.9. The highest BCUT2D eigenvalue weighted by atomic mass is 16.6. The monoisotopic (exact) mass is 301 g/mol. The molecule has 0 aromatic rings. The predicted molar refractivity (Wildman–Crippen MR) is 83.3 cm³/mol. The van der Waals surface area contributed by atoms with Gasteiger partial charge in [0, 0.05) is 20.6 Å². The maximum absolute atomic E-state index is 12.3. The quantitative estimate of drug-likeness (QED) is 0.724. The van der Waals surface area contributed by atoms with Gasteiger partial charge in [-0.05, 0) is 33.6 Å². The normalized spacial score (nSPS) is 16.0. The number of carbonyl (C=O) groups is 2. The first-order chi connectivity index (χ1) is 9.53. The van der Waals surface area contributed by atoms with Gasteiger partial charge in [-0.3, -0.25) is 4.79 Å². The standard InChI is InChI=1S/C16H31NO4/c1-9-11(2)14(13(20-8)10-12(3)18)17(7)15(19)21-16(4,5)6/h11,13-14H,9-10H2,1-8H3/t11-,13?,14?/m0/s1. The highest BCUT2D eigenvalue weighted by molar-refractivity contribution is 5.76. The topological polar surface area (TPSA) is 55.8 Å². The van der Waals surface area contributed by atoms with Gasteiger partial charge in [-0.2, -0.15) is 0 Å². The Balaban J connectivity index is 5.20. The van der Waals surface area contributed by atoms with Crippen molar-refractivity contribution in [2.24, 2.45) is 5.92 Å². The molecule has 5 nitrogen and oxygen atoms in total. The molecule has 0 fully saturated rings. The lowest BCUT2D eigenvalue weighted by Crippen LogP contribution is -2.51. The molecular formula is C16H31NO4. The number of carbonyl (C=O) groups excluding carboxylic acids is 2. The molecule has 2 unspecified atom stereocenters. The Hall–Kier alpha value is -1.10. The molecule has 0 bridgehead atoms. The second-order valence-corrected chi connectivity index (χ2v) is 6.65. The third-order valence-electron chi connectivity index (χ3n) is 3.53. The first kappa shape index (κ1) is 19.9. The summed E-state index contributed by atoms with van der Waals surface area (Å²) in [5.74, 6) is 0.250. The summed E-state index contributed by atoms with van der Waals surface area (Å²) in [6.07, 6.45) is 0.460. The molecule has 0 aliphatic rings. The summed E-state index contributed by atoms with van der Waals surface area (Å²) in [5, 5.41) is 0. The lowest BCUT2D eigenvalue weighted by molar-refractivity contribution is -0.121. The maximum atomic E-state index is 12.3.